The number of hydrogen-bond acceptors (Lipinski definition) is 3. The predicted molar refractivity (Wildman–Crippen MR) is 59.7 cm³/mol. The molecular weight excluding hydrogens is 190 g/mol. The van der Waals surface area contributed by atoms with E-state index in [1.54, 1.807) is 7.05 Å². The summed E-state index contributed by atoms with van der Waals surface area (Å²) in [6.07, 6.45) is 4.57. The fourth-order valence-corrected chi connectivity index (χ4v) is 2.87. The van der Waals surface area contributed by atoms with Crippen LogP contribution in [0.2, 0.25) is 0 Å². The second kappa shape index (κ2) is 4.49. The highest BCUT2D eigenvalue weighted by Gasteiger charge is 2.44. The highest BCUT2D eigenvalue weighted by atomic mass is 16.2. The predicted octanol–water partition coefficient (Wildman–Crippen LogP) is -0.0496. The summed E-state index contributed by atoms with van der Waals surface area (Å²) in [5.41, 5.74) is -0.260. The quantitative estimate of drug-likeness (QED) is 0.673. The summed E-state index contributed by atoms with van der Waals surface area (Å²) >= 11 is 0. The minimum absolute atomic E-state index is 0.191. The summed E-state index contributed by atoms with van der Waals surface area (Å²) in [6.45, 7) is 4.02. The average molecular weight is 211 g/mol. The van der Waals surface area contributed by atoms with Crippen LogP contribution in [0.4, 0.5) is 0 Å². The van der Waals surface area contributed by atoms with E-state index in [2.05, 4.69) is 15.5 Å². The first-order chi connectivity index (χ1) is 7.29. The number of carbonyl (C=O) groups excluding carboxylic acids is 1. The maximum absolute atomic E-state index is 12.1. The first kappa shape index (κ1) is 10.9. The summed E-state index contributed by atoms with van der Waals surface area (Å²) in [6, 6.07) is 0. The Labute approximate surface area is 91.4 Å². The van der Waals surface area contributed by atoms with Crippen LogP contribution in [0.15, 0.2) is 0 Å². The summed E-state index contributed by atoms with van der Waals surface area (Å²) < 4.78 is 0. The standard InChI is InChI=1S/C11H21N3O/c1-12-10(15)11(5-4-6-13-9-11)14-7-2-3-8-14/h13H,2-9H2,1H3,(H,12,15). The van der Waals surface area contributed by atoms with Gasteiger partial charge in [0.1, 0.15) is 5.54 Å². The van der Waals surface area contributed by atoms with Crippen molar-refractivity contribution in [2.24, 2.45) is 0 Å². The van der Waals surface area contributed by atoms with Crippen molar-refractivity contribution in [1.29, 1.82) is 0 Å². The van der Waals surface area contributed by atoms with Crippen molar-refractivity contribution in [3.63, 3.8) is 0 Å². The Morgan fingerprint density at radius 2 is 2.07 bits per heavy atom. The molecule has 1 unspecified atom stereocenters. The van der Waals surface area contributed by atoms with Gasteiger partial charge in [-0.1, -0.05) is 0 Å². The number of likely N-dealkylation sites (tertiary alicyclic amines) is 1. The van der Waals surface area contributed by atoms with E-state index in [9.17, 15) is 4.79 Å². The molecule has 2 aliphatic rings. The first-order valence-corrected chi connectivity index (χ1v) is 5.97. The van der Waals surface area contributed by atoms with Crippen LogP contribution in [0.5, 0.6) is 0 Å². The monoisotopic (exact) mass is 211 g/mol. The second-order valence-electron chi connectivity index (χ2n) is 4.59. The normalized spacial score (nSPS) is 32.9. The molecule has 0 aromatic rings. The number of nitrogens with one attached hydrogen (secondary N) is 2. The number of amides is 1. The third-order valence-corrected chi connectivity index (χ3v) is 3.72. The van der Waals surface area contributed by atoms with Crippen molar-refractivity contribution >= 4 is 5.91 Å². The van der Waals surface area contributed by atoms with E-state index in [1.807, 2.05) is 0 Å². The molecule has 0 aliphatic carbocycles. The fourth-order valence-electron chi connectivity index (χ4n) is 2.87. The van der Waals surface area contributed by atoms with E-state index in [1.165, 1.54) is 12.8 Å². The topological polar surface area (TPSA) is 44.4 Å². The zero-order chi connectivity index (χ0) is 10.7. The summed E-state index contributed by atoms with van der Waals surface area (Å²) in [5, 5.41) is 6.20. The lowest BCUT2D eigenvalue weighted by Crippen LogP contribution is -2.64. The number of rotatable bonds is 2. The molecule has 0 bridgehead atoms. The highest BCUT2D eigenvalue weighted by Crippen LogP contribution is 2.28. The van der Waals surface area contributed by atoms with Crippen molar-refractivity contribution in [3.8, 4) is 0 Å². The molecule has 86 valence electrons. The Hall–Kier alpha value is -0.610. The van der Waals surface area contributed by atoms with Gasteiger partial charge in [0.05, 0.1) is 0 Å². The van der Waals surface area contributed by atoms with Gasteiger partial charge in [-0.2, -0.15) is 0 Å². The molecule has 0 saturated carbocycles. The van der Waals surface area contributed by atoms with E-state index in [0.29, 0.717) is 0 Å². The fraction of sp³-hybridized carbons (Fsp3) is 0.909. The maximum Gasteiger partial charge on any atom is 0.241 e. The summed E-state index contributed by atoms with van der Waals surface area (Å²) in [5.74, 6) is 0.191. The Balaban J connectivity index is 2.16. The third kappa shape index (κ3) is 1.88. The van der Waals surface area contributed by atoms with Gasteiger partial charge in [0.2, 0.25) is 5.91 Å². The van der Waals surface area contributed by atoms with Crippen LogP contribution in [0, 0.1) is 0 Å². The van der Waals surface area contributed by atoms with Gasteiger partial charge in [-0.3, -0.25) is 9.69 Å². The molecule has 2 aliphatic heterocycles. The van der Waals surface area contributed by atoms with Crippen molar-refractivity contribution in [1.82, 2.24) is 15.5 Å². The molecule has 2 fully saturated rings. The van der Waals surface area contributed by atoms with Gasteiger partial charge in [-0.25, -0.2) is 0 Å². The average Bonchev–Trinajstić information content (AvgIpc) is 2.83. The van der Waals surface area contributed by atoms with Gasteiger partial charge in [0.15, 0.2) is 0 Å². The molecule has 15 heavy (non-hydrogen) atoms. The molecule has 0 aromatic heterocycles. The van der Waals surface area contributed by atoms with E-state index in [4.69, 9.17) is 0 Å². The molecule has 0 radical (unpaired) electrons. The van der Waals surface area contributed by atoms with Crippen LogP contribution in [-0.4, -0.2) is 49.6 Å². The van der Waals surface area contributed by atoms with Crippen LogP contribution in [0.3, 0.4) is 0 Å². The molecule has 0 aromatic carbocycles. The molecular formula is C11H21N3O. The molecule has 2 rings (SSSR count). The molecule has 2 heterocycles. The molecule has 1 amide bonds. The van der Waals surface area contributed by atoms with E-state index < -0.39 is 0 Å². The van der Waals surface area contributed by atoms with Crippen molar-refractivity contribution in [2.45, 2.75) is 31.2 Å². The Bertz CT molecular complexity index is 230. The Kier molecular flexibility index (Phi) is 3.26. The molecule has 2 saturated heterocycles. The first-order valence-electron chi connectivity index (χ1n) is 5.97. The third-order valence-electron chi connectivity index (χ3n) is 3.72. The van der Waals surface area contributed by atoms with Gasteiger partial charge in [-0.05, 0) is 45.3 Å². The molecule has 2 N–H and O–H groups in total. The Morgan fingerprint density at radius 1 is 1.33 bits per heavy atom. The highest BCUT2D eigenvalue weighted by molar-refractivity contribution is 5.86. The van der Waals surface area contributed by atoms with Crippen molar-refractivity contribution in [2.75, 3.05) is 33.2 Å². The van der Waals surface area contributed by atoms with Crippen molar-refractivity contribution in [3.05, 3.63) is 0 Å². The largest absolute Gasteiger partial charge is 0.358 e. The van der Waals surface area contributed by atoms with Gasteiger partial charge in [-0.15, -0.1) is 0 Å². The Morgan fingerprint density at radius 3 is 2.60 bits per heavy atom. The zero-order valence-corrected chi connectivity index (χ0v) is 9.51. The second-order valence-corrected chi connectivity index (χ2v) is 4.59. The molecule has 0 spiro atoms. The number of piperidine rings is 1. The van der Waals surface area contributed by atoms with Gasteiger partial charge < -0.3 is 10.6 Å². The zero-order valence-electron chi connectivity index (χ0n) is 9.51. The molecule has 1 atom stereocenters. The lowest BCUT2D eigenvalue weighted by molar-refractivity contribution is -0.133. The number of hydrogen-bond donors (Lipinski definition) is 2. The lowest BCUT2D eigenvalue weighted by Gasteiger charge is -2.43. The number of carbonyl (C=O) groups is 1. The SMILES string of the molecule is CNC(=O)C1(N2CCCC2)CCCNC1. The van der Waals surface area contributed by atoms with E-state index >= 15 is 0 Å². The van der Waals surface area contributed by atoms with Crippen LogP contribution in [0.1, 0.15) is 25.7 Å². The van der Waals surface area contributed by atoms with Crippen LogP contribution < -0.4 is 10.6 Å². The van der Waals surface area contributed by atoms with E-state index in [-0.39, 0.29) is 11.4 Å². The lowest BCUT2D eigenvalue weighted by atomic mass is 9.87. The van der Waals surface area contributed by atoms with E-state index in [0.717, 1.165) is 39.0 Å². The minimum Gasteiger partial charge on any atom is -0.358 e. The van der Waals surface area contributed by atoms with Crippen LogP contribution in [-0.2, 0) is 4.79 Å². The minimum atomic E-state index is -0.260. The molecule has 4 nitrogen and oxygen atoms in total. The summed E-state index contributed by atoms with van der Waals surface area (Å²) in [7, 11) is 1.74. The molecule has 4 heteroatoms. The van der Waals surface area contributed by atoms with Crippen molar-refractivity contribution < 1.29 is 4.79 Å². The van der Waals surface area contributed by atoms with Gasteiger partial charge >= 0.3 is 0 Å². The maximum atomic E-state index is 12.1. The van der Waals surface area contributed by atoms with Gasteiger partial charge in [0, 0.05) is 13.6 Å². The number of nitrogens with zero attached hydrogens (tertiary/aromatic N) is 1. The van der Waals surface area contributed by atoms with Gasteiger partial charge in [0.25, 0.3) is 0 Å². The smallest absolute Gasteiger partial charge is 0.241 e. The van der Waals surface area contributed by atoms with Crippen LogP contribution in [0.25, 0.3) is 0 Å². The van der Waals surface area contributed by atoms with Crippen LogP contribution >= 0.6 is 0 Å². The summed E-state index contributed by atoms with van der Waals surface area (Å²) in [4.78, 5) is 14.5. The number of likely N-dealkylation sites (N-methyl/N-ethyl adjacent to an activating group) is 1.